The van der Waals surface area contributed by atoms with Gasteiger partial charge in [-0.1, -0.05) is 37.6 Å². The van der Waals surface area contributed by atoms with Crippen LogP contribution in [-0.4, -0.2) is 38.8 Å². The first-order valence-electron chi connectivity index (χ1n) is 18.1. The molecule has 7 aromatic carbocycles. The van der Waals surface area contributed by atoms with Gasteiger partial charge < -0.3 is 19.9 Å². The largest absolute Gasteiger partial charge is 0.505 e. The van der Waals surface area contributed by atoms with E-state index in [1.54, 1.807) is 36.4 Å². The SMILES string of the molecule is CCCCOc1cccc2cc(N=Nc3cc(OC)c(N=Nc4ccc(N=Nc5ccc6cc(NC)ccc6c5O)c5cc(S(=O)(=O)O)ccc45)cc3C)ccc12. The predicted molar refractivity (Wildman–Crippen MR) is 224 cm³/mol. The van der Waals surface area contributed by atoms with Gasteiger partial charge in [-0.2, -0.15) is 18.6 Å². The molecule has 7 aromatic rings. The van der Waals surface area contributed by atoms with Gasteiger partial charge in [0.1, 0.15) is 22.9 Å². The summed E-state index contributed by atoms with van der Waals surface area (Å²) in [6.07, 6.45) is 2.05. The van der Waals surface area contributed by atoms with Crippen molar-refractivity contribution in [3.63, 3.8) is 0 Å². The van der Waals surface area contributed by atoms with E-state index in [0.717, 1.165) is 46.0 Å². The molecule has 0 atom stereocenters. The van der Waals surface area contributed by atoms with Gasteiger partial charge in [0, 0.05) is 40.3 Å². The molecule has 3 N–H and O–H groups in total. The highest BCUT2D eigenvalue weighted by Gasteiger charge is 2.15. The van der Waals surface area contributed by atoms with Crippen molar-refractivity contribution in [2.45, 2.75) is 31.6 Å². The van der Waals surface area contributed by atoms with Crippen LogP contribution in [0.2, 0.25) is 0 Å². The minimum absolute atomic E-state index is 0.0557. The smallest absolute Gasteiger partial charge is 0.294 e. The highest BCUT2D eigenvalue weighted by Crippen LogP contribution is 2.41. The van der Waals surface area contributed by atoms with Gasteiger partial charge in [-0.3, -0.25) is 4.55 Å². The molecule has 0 aromatic heterocycles. The number of methoxy groups -OCH3 is 1. The first-order valence-corrected chi connectivity index (χ1v) is 19.6. The molecule has 0 aliphatic rings. The van der Waals surface area contributed by atoms with E-state index in [0.29, 0.717) is 51.3 Å². The van der Waals surface area contributed by atoms with Gasteiger partial charge in [-0.25, -0.2) is 0 Å². The van der Waals surface area contributed by atoms with Crippen molar-refractivity contribution in [3.8, 4) is 17.2 Å². The van der Waals surface area contributed by atoms with Crippen molar-refractivity contribution in [2.24, 2.45) is 30.7 Å². The molecule has 0 aliphatic carbocycles. The van der Waals surface area contributed by atoms with Gasteiger partial charge >= 0.3 is 0 Å². The van der Waals surface area contributed by atoms with Crippen molar-refractivity contribution in [2.75, 3.05) is 26.1 Å². The van der Waals surface area contributed by atoms with Gasteiger partial charge in [0.25, 0.3) is 10.1 Å². The first-order chi connectivity index (χ1) is 27.6. The number of azo groups is 3. The molecule has 0 aliphatic heterocycles. The lowest BCUT2D eigenvalue weighted by atomic mass is 10.1. The second-order valence-electron chi connectivity index (χ2n) is 13.2. The number of aryl methyl sites for hydroxylation is 1. The Bertz CT molecular complexity index is 2860. The molecule has 0 saturated heterocycles. The zero-order valence-corrected chi connectivity index (χ0v) is 32.4. The van der Waals surface area contributed by atoms with Gasteiger partial charge in [0.2, 0.25) is 0 Å². The van der Waals surface area contributed by atoms with E-state index in [9.17, 15) is 18.1 Å². The number of hydrogen-bond donors (Lipinski definition) is 3. The summed E-state index contributed by atoms with van der Waals surface area (Å²) in [7, 11) is -1.22. The fourth-order valence-electron chi connectivity index (χ4n) is 6.26. The van der Waals surface area contributed by atoms with E-state index in [2.05, 4.69) is 42.9 Å². The highest BCUT2D eigenvalue weighted by molar-refractivity contribution is 7.85. The topological polar surface area (TPSA) is 179 Å². The third kappa shape index (κ3) is 8.42. The number of nitrogens with one attached hydrogen (secondary N) is 1. The summed E-state index contributed by atoms with van der Waals surface area (Å²) < 4.78 is 45.7. The monoisotopic (exact) mass is 781 g/mol. The minimum Gasteiger partial charge on any atom is -0.505 e. The van der Waals surface area contributed by atoms with Crippen molar-refractivity contribution in [1.82, 2.24) is 0 Å². The summed E-state index contributed by atoms with van der Waals surface area (Å²) in [5.74, 6) is 1.19. The number of nitrogens with zero attached hydrogens (tertiary/aromatic N) is 6. The van der Waals surface area contributed by atoms with Crippen LogP contribution in [0.5, 0.6) is 17.2 Å². The molecular weight excluding hydrogens is 743 g/mol. The average Bonchev–Trinajstić information content (AvgIpc) is 3.21. The van der Waals surface area contributed by atoms with Crippen molar-refractivity contribution >= 4 is 82.2 Å². The second-order valence-corrected chi connectivity index (χ2v) is 14.6. The zero-order valence-electron chi connectivity index (χ0n) is 31.6. The molecule has 0 unspecified atom stereocenters. The number of aromatic hydroxyl groups is 1. The van der Waals surface area contributed by atoms with Gasteiger partial charge in [-0.15, -0.1) is 20.5 Å². The number of hydrogen-bond acceptors (Lipinski definition) is 12. The quantitative estimate of drug-likeness (QED) is 0.0591. The van der Waals surface area contributed by atoms with Gasteiger partial charge in [0.15, 0.2) is 5.75 Å². The third-order valence-corrected chi connectivity index (χ3v) is 10.2. The number of fused-ring (bicyclic) bond motifs is 3. The molecule has 13 nitrogen and oxygen atoms in total. The zero-order chi connectivity index (χ0) is 40.1. The number of unbranched alkanes of at least 4 members (excludes halogenated alkanes) is 1. The van der Waals surface area contributed by atoms with E-state index in [-0.39, 0.29) is 22.0 Å². The maximum Gasteiger partial charge on any atom is 0.294 e. The number of phenolic OH excluding ortho intramolecular Hbond substituents is 1. The Hall–Kier alpha value is -6.77. The maximum absolute atomic E-state index is 12.1. The van der Waals surface area contributed by atoms with Crippen molar-refractivity contribution < 1.29 is 27.6 Å². The average molecular weight is 782 g/mol. The molecule has 0 heterocycles. The minimum atomic E-state index is -4.55. The lowest BCUT2D eigenvalue weighted by Crippen LogP contribution is -1.97. The third-order valence-electron chi connectivity index (χ3n) is 9.38. The molecule has 0 amide bonds. The Labute approximate surface area is 329 Å². The Morgan fingerprint density at radius 3 is 2.09 bits per heavy atom. The maximum atomic E-state index is 12.1. The summed E-state index contributed by atoms with van der Waals surface area (Å²) in [6.45, 7) is 4.68. The van der Waals surface area contributed by atoms with E-state index >= 15 is 0 Å². The Balaban J connectivity index is 1.18. The molecule has 0 bridgehead atoms. The van der Waals surface area contributed by atoms with Crippen molar-refractivity contribution in [3.05, 3.63) is 115 Å². The molecule has 288 valence electrons. The molecule has 0 spiro atoms. The van der Waals surface area contributed by atoms with Crippen LogP contribution < -0.4 is 14.8 Å². The van der Waals surface area contributed by atoms with Crippen LogP contribution in [0.15, 0.2) is 145 Å². The van der Waals surface area contributed by atoms with Crippen LogP contribution in [0.1, 0.15) is 25.3 Å². The van der Waals surface area contributed by atoms with Gasteiger partial charge in [-0.05, 0) is 109 Å². The number of rotatable bonds is 13. The molecule has 7 rings (SSSR count). The van der Waals surface area contributed by atoms with Crippen LogP contribution in [0.4, 0.5) is 39.8 Å². The van der Waals surface area contributed by atoms with E-state index in [1.165, 1.54) is 25.3 Å². The molecule has 14 heteroatoms. The summed E-state index contributed by atoms with van der Waals surface area (Å²) >= 11 is 0. The highest BCUT2D eigenvalue weighted by atomic mass is 32.2. The van der Waals surface area contributed by atoms with Crippen LogP contribution in [-0.2, 0) is 10.1 Å². The lowest BCUT2D eigenvalue weighted by Gasteiger charge is -2.09. The van der Waals surface area contributed by atoms with Gasteiger partial charge in [0.05, 0.1) is 41.4 Å². The number of benzene rings is 7. The molecule has 0 radical (unpaired) electrons. The van der Waals surface area contributed by atoms with Crippen molar-refractivity contribution in [1.29, 1.82) is 0 Å². The Morgan fingerprint density at radius 2 is 1.33 bits per heavy atom. The fourth-order valence-corrected chi connectivity index (χ4v) is 6.77. The van der Waals surface area contributed by atoms with Crippen LogP contribution in [0.3, 0.4) is 0 Å². The van der Waals surface area contributed by atoms with E-state index < -0.39 is 10.1 Å². The molecule has 0 saturated carbocycles. The standard InChI is InChI=1S/C43H39N7O6S/c1-5-6-20-56-41-9-7-8-27-23-30(12-14-32(27)41)45-49-39-25-42(55-4)40(21-26(39)2)50-46-36-18-19-37(35-24-31(57(52,53)54)13-16-34(35)36)47-48-38-17-10-28-22-29(44-3)11-15-33(28)43(38)51/h7-19,21-25,44,51H,5-6,20H2,1-4H3,(H,52,53,54). The number of phenols is 1. The van der Waals surface area contributed by atoms with Crippen LogP contribution >= 0.6 is 0 Å². The second kappa shape index (κ2) is 16.5. The summed E-state index contributed by atoms with van der Waals surface area (Å²) in [4.78, 5) is -0.332. The molecular formula is C43H39N7O6S. The molecule has 57 heavy (non-hydrogen) atoms. The number of ether oxygens (including phenoxy) is 2. The first kappa shape index (κ1) is 38.5. The predicted octanol–water partition coefficient (Wildman–Crippen LogP) is 12.9. The Kier molecular flexibility index (Phi) is 11.2. The lowest BCUT2D eigenvalue weighted by molar-refractivity contribution is 0.313. The van der Waals surface area contributed by atoms with E-state index in [4.69, 9.17) is 9.47 Å². The number of anilines is 1. The Morgan fingerprint density at radius 1 is 0.649 bits per heavy atom. The fraction of sp³-hybridized carbons (Fsp3) is 0.163. The summed E-state index contributed by atoms with van der Waals surface area (Å²) in [5, 5.41) is 44.9. The summed E-state index contributed by atoms with van der Waals surface area (Å²) in [6, 6.07) is 31.6. The molecule has 0 fully saturated rings. The van der Waals surface area contributed by atoms with E-state index in [1.807, 2.05) is 68.6 Å². The normalized spacial score (nSPS) is 12.2. The van der Waals surface area contributed by atoms with Crippen LogP contribution in [0.25, 0.3) is 32.3 Å². The van der Waals surface area contributed by atoms with Crippen LogP contribution in [0, 0.1) is 6.92 Å². The summed E-state index contributed by atoms with van der Waals surface area (Å²) in [5.41, 5.74) is 4.23.